The molecule has 0 saturated carbocycles. The van der Waals surface area contributed by atoms with Crippen LogP contribution in [0.25, 0.3) is 0 Å². The van der Waals surface area contributed by atoms with Crippen molar-refractivity contribution >= 4 is 45.2 Å². The molecule has 7 nitrogen and oxygen atoms in total. The maximum atomic E-state index is 12.2. The van der Waals surface area contributed by atoms with Crippen LogP contribution in [0.15, 0.2) is 22.7 Å². The molecule has 23 heavy (non-hydrogen) atoms. The number of nitrogens with one attached hydrogen (secondary N) is 1. The van der Waals surface area contributed by atoms with E-state index in [0.29, 0.717) is 25.3 Å². The average Bonchev–Trinajstić information content (AvgIpc) is 2.50. The van der Waals surface area contributed by atoms with Gasteiger partial charge in [0.15, 0.2) is 0 Å². The van der Waals surface area contributed by atoms with E-state index in [1.165, 1.54) is 0 Å². The summed E-state index contributed by atoms with van der Waals surface area (Å²) in [5, 5.41) is 2.33. The van der Waals surface area contributed by atoms with Gasteiger partial charge in [0.2, 0.25) is 11.8 Å². The van der Waals surface area contributed by atoms with Crippen molar-refractivity contribution in [2.24, 2.45) is 0 Å². The average molecular weight is 381 g/mol. The van der Waals surface area contributed by atoms with Gasteiger partial charge < -0.3 is 9.80 Å². The summed E-state index contributed by atoms with van der Waals surface area (Å²) in [6.45, 7) is 1.94. The largest absolute Gasteiger partial charge is 0.359 e. The van der Waals surface area contributed by atoms with E-state index in [2.05, 4.69) is 21.2 Å². The highest BCUT2D eigenvalue weighted by atomic mass is 79.9. The molecular formula is C15H17BrN4O3. The lowest BCUT2D eigenvalue weighted by Crippen LogP contribution is -2.51. The third-order valence-corrected chi connectivity index (χ3v) is 4.57. The van der Waals surface area contributed by atoms with Gasteiger partial charge in [0.1, 0.15) is 0 Å². The zero-order chi connectivity index (χ0) is 16.6. The topological polar surface area (TPSA) is 73.0 Å². The van der Waals surface area contributed by atoms with Gasteiger partial charge in [-0.1, -0.05) is 15.9 Å². The van der Waals surface area contributed by atoms with E-state index in [-0.39, 0.29) is 24.8 Å². The van der Waals surface area contributed by atoms with Gasteiger partial charge in [-0.2, -0.15) is 0 Å². The Morgan fingerprint density at radius 1 is 1.09 bits per heavy atom. The fraction of sp³-hybridized carbons (Fsp3) is 0.400. The van der Waals surface area contributed by atoms with Gasteiger partial charge in [-0.15, -0.1) is 0 Å². The molecule has 0 bridgehead atoms. The number of hydrogen-bond donors (Lipinski definition) is 1. The lowest BCUT2D eigenvalue weighted by Gasteiger charge is -2.37. The van der Waals surface area contributed by atoms with E-state index < -0.39 is 6.03 Å². The zero-order valence-corrected chi connectivity index (χ0v) is 14.3. The first-order valence-electron chi connectivity index (χ1n) is 7.35. The number of carbonyl (C=O) groups excluding carboxylic acids is 3. The molecule has 1 N–H and O–H groups in total. The Hall–Kier alpha value is -2.09. The maximum absolute atomic E-state index is 12.2. The number of rotatable bonds is 2. The second-order valence-electron chi connectivity index (χ2n) is 5.62. The number of hydrogen-bond acceptors (Lipinski definition) is 4. The van der Waals surface area contributed by atoms with Gasteiger partial charge in [0.25, 0.3) is 0 Å². The monoisotopic (exact) mass is 380 g/mol. The van der Waals surface area contributed by atoms with Gasteiger partial charge in [-0.3, -0.25) is 19.8 Å². The summed E-state index contributed by atoms with van der Waals surface area (Å²) in [5.41, 5.74) is 1.51. The van der Waals surface area contributed by atoms with Crippen molar-refractivity contribution in [3.05, 3.63) is 22.7 Å². The Kier molecular flexibility index (Phi) is 4.25. The molecule has 122 valence electrons. The molecular weight excluding hydrogens is 364 g/mol. The minimum Gasteiger partial charge on any atom is -0.359 e. The van der Waals surface area contributed by atoms with Crippen molar-refractivity contribution < 1.29 is 14.4 Å². The minimum absolute atomic E-state index is 0.0448. The van der Waals surface area contributed by atoms with Gasteiger partial charge in [-0.05, 0) is 18.2 Å². The van der Waals surface area contributed by atoms with Crippen LogP contribution in [0.4, 0.5) is 16.2 Å². The van der Waals surface area contributed by atoms with Crippen molar-refractivity contribution in [1.29, 1.82) is 0 Å². The second kappa shape index (κ2) is 6.19. The van der Waals surface area contributed by atoms with Gasteiger partial charge in [0.05, 0.1) is 17.9 Å². The molecule has 2 aliphatic heterocycles. The van der Waals surface area contributed by atoms with Crippen molar-refractivity contribution in [2.75, 3.05) is 43.0 Å². The standard InChI is InChI=1S/C15H17BrN4O3/c1-18-6-7-19(9-14(18)22)11-3-2-10(16)8-12(11)20-5-4-13(21)17-15(20)23/h2-3,8H,4-7,9H2,1H3,(H,17,21,23). The first-order valence-corrected chi connectivity index (χ1v) is 8.15. The Morgan fingerprint density at radius 2 is 1.87 bits per heavy atom. The Balaban J connectivity index is 1.94. The van der Waals surface area contributed by atoms with Crippen LogP contribution < -0.4 is 15.1 Å². The Morgan fingerprint density at radius 3 is 2.57 bits per heavy atom. The molecule has 2 aliphatic rings. The molecule has 0 aromatic heterocycles. The number of piperazine rings is 1. The molecule has 0 radical (unpaired) electrons. The number of anilines is 2. The summed E-state index contributed by atoms with van der Waals surface area (Å²) >= 11 is 3.42. The van der Waals surface area contributed by atoms with E-state index in [4.69, 9.17) is 0 Å². The molecule has 4 amide bonds. The molecule has 2 heterocycles. The molecule has 1 aromatic carbocycles. The van der Waals surface area contributed by atoms with E-state index >= 15 is 0 Å². The second-order valence-corrected chi connectivity index (χ2v) is 6.54. The lowest BCUT2D eigenvalue weighted by atomic mass is 10.1. The van der Waals surface area contributed by atoms with Crippen LogP contribution in [0.2, 0.25) is 0 Å². The molecule has 1 aromatic rings. The normalized spacial score (nSPS) is 19.2. The third-order valence-electron chi connectivity index (χ3n) is 4.08. The van der Waals surface area contributed by atoms with Gasteiger partial charge >= 0.3 is 6.03 Å². The molecule has 8 heteroatoms. The number of likely N-dealkylation sites (N-methyl/N-ethyl adjacent to an activating group) is 1. The molecule has 0 spiro atoms. The summed E-state index contributed by atoms with van der Waals surface area (Å²) < 4.78 is 0.835. The molecule has 2 saturated heterocycles. The fourth-order valence-electron chi connectivity index (χ4n) is 2.74. The molecule has 0 unspecified atom stereocenters. The number of imide groups is 1. The van der Waals surface area contributed by atoms with Crippen LogP contribution in [0.5, 0.6) is 0 Å². The summed E-state index contributed by atoms with van der Waals surface area (Å²) in [7, 11) is 1.78. The van der Waals surface area contributed by atoms with Crippen molar-refractivity contribution in [3.8, 4) is 0 Å². The molecule has 0 aliphatic carbocycles. The van der Waals surface area contributed by atoms with Crippen molar-refractivity contribution in [1.82, 2.24) is 10.2 Å². The highest BCUT2D eigenvalue weighted by Gasteiger charge is 2.29. The summed E-state index contributed by atoms with van der Waals surface area (Å²) in [6.07, 6.45) is 0.263. The van der Waals surface area contributed by atoms with Crippen molar-refractivity contribution in [2.45, 2.75) is 6.42 Å². The van der Waals surface area contributed by atoms with Crippen molar-refractivity contribution in [3.63, 3.8) is 0 Å². The maximum Gasteiger partial charge on any atom is 0.328 e. The number of nitrogens with zero attached hydrogens (tertiary/aromatic N) is 3. The number of urea groups is 1. The highest BCUT2D eigenvalue weighted by Crippen LogP contribution is 2.34. The van der Waals surface area contributed by atoms with Crippen LogP contribution >= 0.6 is 15.9 Å². The fourth-order valence-corrected chi connectivity index (χ4v) is 3.09. The van der Waals surface area contributed by atoms with Gasteiger partial charge in [0, 0.05) is 37.6 Å². The Bertz CT molecular complexity index is 679. The van der Waals surface area contributed by atoms with Crippen LogP contribution in [-0.2, 0) is 9.59 Å². The number of benzene rings is 1. The van der Waals surface area contributed by atoms with Crippen LogP contribution in [0.3, 0.4) is 0 Å². The van der Waals surface area contributed by atoms with E-state index in [9.17, 15) is 14.4 Å². The predicted molar refractivity (Wildman–Crippen MR) is 89.5 cm³/mol. The quantitative estimate of drug-likeness (QED) is 0.835. The SMILES string of the molecule is CN1CCN(c2ccc(Br)cc2N2CCC(=O)NC2=O)CC1=O. The van der Waals surface area contributed by atoms with E-state index in [1.807, 2.05) is 23.1 Å². The summed E-state index contributed by atoms with van der Waals surface area (Å²) in [5.74, 6) is -0.221. The Labute approximate surface area is 142 Å². The first kappa shape index (κ1) is 15.8. The van der Waals surface area contributed by atoms with Crippen LogP contribution in [-0.4, -0.2) is 56.0 Å². The number of amides is 4. The number of carbonyl (C=O) groups is 3. The van der Waals surface area contributed by atoms with E-state index in [0.717, 1.165) is 10.2 Å². The van der Waals surface area contributed by atoms with E-state index in [1.54, 1.807) is 16.8 Å². The smallest absolute Gasteiger partial charge is 0.328 e. The predicted octanol–water partition coefficient (Wildman–Crippen LogP) is 1.17. The summed E-state index contributed by atoms with van der Waals surface area (Å²) in [6, 6.07) is 5.19. The molecule has 3 rings (SSSR count). The highest BCUT2D eigenvalue weighted by molar-refractivity contribution is 9.10. The molecule has 0 atom stereocenters. The minimum atomic E-state index is -0.430. The van der Waals surface area contributed by atoms with Crippen LogP contribution in [0, 0.1) is 0 Å². The first-order chi connectivity index (χ1) is 11.0. The number of halogens is 1. The van der Waals surface area contributed by atoms with Gasteiger partial charge in [-0.25, -0.2) is 4.79 Å². The zero-order valence-electron chi connectivity index (χ0n) is 12.7. The third kappa shape index (κ3) is 3.17. The summed E-state index contributed by atoms with van der Waals surface area (Å²) in [4.78, 5) is 40.7. The van der Waals surface area contributed by atoms with Crippen LogP contribution in [0.1, 0.15) is 6.42 Å². The lowest BCUT2D eigenvalue weighted by molar-refractivity contribution is -0.129. The molecule has 2 fully saturated rings.